The number of rotatable bonds is 12. The lowest BCUT2D eigenvalue weighted by molar-refractivity contribution is -0.140. The highest BCUT2D eigenvalue weighted by Gasteiger charge is 2.20. The smallest absolute Gasteiger partial charge is 0.326 e. The summed E-state index contributed by atoms with van der Waals surface area (Å²) in [5, 5.41) is 22.0. The molecule has 0 aliphatic carbocycles. The topological polar surface area (TPSA) is 134 Å². The van der Waals surface area contributed by atoms with Crippen LogP contribution in [0, 0.1) is 0 Å². The Kier molecular flexibility index (Phi) is 10.9. The van der Waals surface area contributed by atoms with Gasteiger partial charge in [-0.2, -0.15) is 0 Å². The van der Waals surface area contributed by atoms with E-state index in [9.17, 15) is 14.4 Å². The molecule has 0 aromatic rings. The molecule has 0 radical (unpaired) electrons. The molecule has 0 rings (SSSR count). The van der Waals surface area contributed by atoms with Gasteiger partial charge in [-0.15, -0.1) is 0 Å². The maximum Gasteiger partial charge on any atom is 0.326 e. The number of carbonyl (C=O) groups excluding carboxylic acids is 1. The zero-order chi connectivity index (χ0) is 16.1. The normalized spacial score (nSPS) is 11.7. The minimum atomic E-state index is -1.27. The Labute approximate surface area is 122 Å². The number of hydrogen-bond donors (Lipinski definition) is 4. The summed E-state index contributed by atoms with van der Waals surface area (Å²) in [7, 11) is 1.57. The predicted octanol–water partition coefficient (Wildman–Crippen LogP) is -0.343. The summed E-state index contributed by atoms with van der Waals surface area (Å²) < 4.78 is 9.97. The molecule has 122 valence electrons. The van der Waals surface area contributed by atoms with Gasteiger partial charge in [-0.05, 0) is 12.8 Å². The average Bonchev–Trinajstić information content (AvgIpc) is 2.41. The molecule has 0 spiro atoms. The predicted molar refractivity (Wildman–Crippen MR) is 72.1 cm³/mol. The van der Waals surface area contributed by atoms with E-state index in [0.29, 0.717) is 32.8 Å². The number of hydrogen-bond acceptors (Lipinski definition) is 5. The van der Waals surface area contributed by atoms with Crippen LogP contribution in [0.2, 0.25) is 0 Å². The van der Waals surface area contributed by atoms with Gasteiger partial charge in [0.15, 0.2) is 0 Å². The zero-order valence-electron chi connectivity index (χ0n) is 12.0. The number of aliphatic carboxylic acids is 2. The SMILES string of the molecule is COCCOCCCNC(=O)N[C@@H](CCC(=O)O)C(=O)O. The van der Waals surface area contributed by atoms with Gasteiger partial charge in [-0.1, -0.05) is 0 Å². The van der Waals surface area contributed by atoms with E-state index in [1.54, 1.807) is 7.11 Å². The van der Waals surface area contributed by atoms with Gasteiger partial charge >= 0.3 is 18.0 Å². The number of carboxylic acids is 2. The number of ether oxygens (including phenoxy) is 2. The highest BCUT2D eigenvalue weighted by atomic mass is 16.5. The fraction of sp³-hybridized carbons (Fsp3) is 0.750. The van der Waals surface area contributed by atoms with Crippen LogP contribution in [0.3, 0.4) is 0 Å². The molecule has 0 aromatic carbocycles. The van der Waals surface area contributed by atoms with Crippen LogP contribution < -0.4 is 10.6 Å². The van der Waals surface area contributed by atoms with Gasteiger partial charge in [-0.3, -0.25) is 4.79 Å². The van der Waals surface area contributed by atoms with Crippen molar-refractivity contribution >= 4 is 18.0 Å². The van der Waals surface area contributed by atoms with Gasteiger partial charge in [0.05, 0.1) is 13.2 Å². The summed E-state index contributed by atoms with van der Waals surface area (Å²) in [4.78, 5) is 32.7. The van der Waals surface area contributed by atoms with Gasteiger partial charge in [0.1, 0.15) is 6.04 Å². The van der Waals surface area contributed by atoms with Crippen molar-refractivity contribution in [2.45, 2.75) is 25.3 Å². The van der Waals surface area contributed by atoms with Crippen LogP contribution in [0.5, 0.6) is 0 Å². The van der Waals surface area contributed by atoms with Crippen molar-refractivity contribution in [1.82, 2.24) is 10.6 Å². The third-order valence-corrected chi connectivity index (χ3v) is 2.43. The first-order chi connectivity index (χ1) is 9.97. The largest absolute Gasteiger partial charge is 0.481 e. The summed E-state index contributed by atoms with van der Waals surface area (Å²) >= 11 is 0. The van der Waals surface area contributed by atoms with Gasteiger partial charge in [-0.25, -0.2) is 9.59 Å². The number of carboxylic acid groups (broad SMARTS) is 2. The molecule has 9 heteroatoms. The van der Waals surface area contributed by atoms with Gasteiger partial charge < -0.3 is 30.3 Å². The molecule has 0 aliphatic rings. The molecular formula is C12H22N2O7. The Hall–Kier alpha value is -1.87. The lowest BCUT2D eigenvalue weighted by Crippen LogP contribution is -2.46. The minimum Gasteiger partial charge on any atom is -0.481 e. The first-order valence-electron chi connectivity index (χ1n) is 6.53. The number of nitrogens with one attached hydrogen (secondary N) is 2. The second-order valence-electron chi connectivity index (χ2n) is 4.18. The van der Waals surface area contributed by atoms with Crippen molar-refractivity contribution in [3.8, 4) is 0 Å². The first kappa shape index (κ1) is 19.1. The molecule has 21 heavy (non-hydrogen) atoms. The molecule has 0 bridgehead atoms. The van der Waals surface area contributed by atoms with Crippen molar-refractivity contribution in [3.63, 3.8) is 0 Å². The quantitative estimate of drug-likeness (QED) is 0.362. The molecule has 0 unspecified atom stereocenters. The number of methoxy groups -OCH3 is 1. The Morgan fingerprint density at radius 1 is 1.14 bits per heavy atom. The second kappa shape index (κ2) is 11.9. The number of carbonyl (C=O) groups is 3. The number of amides is 2. The fourth-order valence-electron chi connectivity index (χ4n) is 1.35. The average molecular weight is 306 g/mol. The van der Waals surface area contributed by atoms with Crippen LogP contribution in [0.4, 0.5) is 4.79 Å². The molecule has 2 amide bonds. The number of urea groups is 1. The fourth-order valence-corrected chi connectivity index (χ4v) is 1.35. The van der Waals surface area contributed by atoms with Crippen LogP contribution >= 0.6 is 0 Å². The van der Waals surface area contributed by atoms with Crippen molar-refractivity contribution in [2.24, 2.45) is 0 Å². The molecule has 0 fully saturated rings. The summed E-state index contributed by atoms with van der Waals surface area (Å²) in [6.07, 6.45) is 0.0762. The molecular weight excluding hydrogens is 284 g/mol. The van der Waals surface area contributed by atoms with Crippen LogP contribution in [0.25, 0.3) is 0 Å². The van der Waals surface area contributed by atoms with Gasteiger partial charge in [0, 0.05) is 26.7 Å². The van der Waals surface area contributed by atoms with E-state index < -0.39 is 24.0 Å². The summed E-state index contributed by atoms with van der Waals surface area (Å²) in [5.41, 5.74) is 0. The lowest BCUT2D eigenvalue weighted by atomic mass is 10.1. The monoisotopic (exact) mass is 306 g/mol. The maximum atomic E-state index is 11.4. The molecule has 0 heterocycles. The second-order valence-corrected chi connectivity index (χ2v) is 4.18. The Balaban J connectivity index is 3.78. The van der Waals surface area contributed by atoms with E-state index in [4.69, 9.17) is 19.7 Å². The first-order valence-corrected chi connectivity index (χ1v) is 6.53. The van der Waals surface area contributed by atoms with Crippen LogP contribution in [-0.2, 0) is 19.1 Å². The zero-order valence-corrected chi connectivity index (χ0v) is 12.0. The molecule has 4 N–H and O–H groups in total. The van der Waals surface area contributed by atoms with Crippen LogP contribution in [-0.4, -0.2) is 67.7 Å². The van der Waals surface area contributed by atoms with Crippen molar-refractivity contribution < 1.29 is 34.1 Å². The Bertz CT molecular complexity index is 336. The van der Waals surface area contributed by atoms with Crippen LogP contribution in [0.15, 0.2) is 0 Å². The lowest BCUT2D eigenvalue weighted by Gasteiger charge is -2.14. The van der Waals surface area contributed by atoms with Crippen molar-refractivity contribution in [1.29, 1.82) is 0 Å². The van der Waals surface area contributed by atoms with E-state index in [-0.39, 0.29) is 12.8 Å². The summed E-state index contributed by atoms with van der Waals surface area (Å²) in [6.45, 7) is 1.74. The van der Waals surface area contributed by atoms with Gasteiger partial charge in [0.2, 0.25) is 0 Å². The molecule has 0 aliphatic heterocycles. The van der Waals surface area contributed by atoms with E-state index in [0.717, 1.165) is 0 Å². The van der Waals surface area contributed by atoms with Gasteiger partial charge in [0.25, 0.3) is 0 Å². The minimum absolute atomic E-state index is 0.168. The van der Waals surface area contributed by atoms with Crippen molar-refractivity contribution in [2.75, 3.05) is 33.5 Å². The molecule has 9 nitrogen and oxygen atoms in total. The van der Waals surface area contributed by atoms with Crippen molar-refractivity contribution in [3.05, 3.63) is 0 Å². The molecule has 0 aromatic heterocycles. The third-order valence-electron chi connectivity index (χ3n) is 2.43. The summed E-state index contributed by atoms with van der Waals surface area (Å²) in [6, 6.07) is -1.87. The Morgan fingerprint density at radius 2 is 1.86 bits per heavy atom. The highest BCUT2D eigenvalue weighted by Crippen LogP contribution is 1.98. The van der Waals surface area contributed by atoms with E-state index >= 15 is 0 Å². The molecule has 1 atom stereocenters. The van der Waals surface area contributed by atoms with E-state index in [2.05, 4.69) is 10.6 Å². The molecule has 0 saturated heterocycles. The maximum absolute atomic E-state index is 11.4. The highest BCUT2D eigenvalue weighted by molar-refractivity contribution is 5.82. The standard InChI is InChI=1S/C12H22N2O7/c1-20-7-8-21-6-2-5-13-12(19)14-9(11(17)18)3-4-10(15)16/h9H,2-8H2,1H3,(H,15,16)(H,17,18)(H2,13,14,19)/t9-/m0/s1. The summed E-state index contributed by atoms with van der Waals surface area (Å²) in [5.74, 6) is -2.38. The molecule has 0 saturated carbocycles. The van der Waals surface area contributed by atoms with E-state index in [1.165, 1.54) is 0 Å². The van der Waals surface area contributed by atoms with Crippen LogP contribution in [0.1, 0.15) is 19.3 Å². The Morgan fingerprint density at radius 3 is 2.43 bits per heavy atom. The van der Waals surface area contributed by atoms with E-state index in [1.807, 2.05) is 0 Å². The third kappa shape index (κ3) is 11.6.